The monoisotopic (exact) mass is 612 g/mol. The molecule has 1 heterocycles. The molecule has 47 heavy (non-hydrogen) atoms. The van der Waals surface area contributed by atoms with Crippen LogP contribution in [-0.2, 0) is 0 Å². The van der Waals surface area contributed by atoms with Crippen molar-refractivity contribution in [3.63, 3.8) is 0 Å². The van der Waals surface area contributed by atoms with E-state index in [1.54, 1.807) is 0 Å². The molecule has 0 saturated carbocycles. The number of thiophene rings is 1. The summed E-state index contributed by atoms with van der Waals surface area (Å²) in [7, 11) is 0. The fourth-order valence-corrected chi connectivity index (χ4v) is 8.91. The number of fused-ring (bicyclic) bond motifs is 7. The van der Waals surface area contributed by atoms with Crippen molar-refractivity contribution in [2.45, 2.75) is 0 Å². The second-order valence-electron chi connectivity index (χ2n) is 12.4. The highest BCUT2D eigenvalue weighted by Gasteiger charge is 2.19. The Morgan fingerprint density at radius 1 is 0.277 bits per heavy atom. The quantitative estimate of drug-likeness (QED) is 0.174. The molecular weight excluding hydrogens is 585 g/mol. The number of rotatable bonds is 3. The van der Waals surface area contributed by atoms with Crippen molar-refractivity contribution in [2.24, 2.45) is 0 Å². The van der Waals surface area contributed by atoms with E-state index in [1.165, 1.54) is 96.6 Å². The van der Waals surface area contributed by atoms with E-state index in [1.807, 2.05) is 11.3 Å². The third-order valence-corrected chi connectivity index (χ3v) is 11.0. The zero-order chi connectivity index (χ0) is 30.9. The summed E-state index contributed by atoms with van der Waals surface area (Å²) >= 11 is 1.90. The fourth-order valence-electron chi connectivity index (χ4n) is 7.73. The summed E-state index contributed by atoms with van der Waals surface area (Å²) in [6, 6.07) is 62.7. The molecule has 0 bridgehead atoms. The second kappa shape index (κ2) is 10.4. The van der Waals surface area contributed by atoms with Gasteiger partial charge in [0.15, 0.2) is 0 Å². The predicted octanol–water partition coefficient (Wildman–Crippen LogP) is 13.7. The Morgan fingerprint density at radius 2 is 0.787 bits per heavy atom. The summed E-state index contributed by atoms with van der Waals surface area (Å²) in [5.74, 6) is 0. The Balaban J connectivity index is 1.25. The molecular formula is C46H28S. The van der Waals surface area contributed by atoms with Gasteiger partial charge < -0.3 is 0 Å². The molecule has 0 radical (unpaired) electrons. The third-order valence-electron chi connectivity index (χ3n) is 9.84. The molecule has 0 fully saturated rings. The average molecular weight is 613 g/mol. The first-order chi connectivity index (χ1) is 23.3. The summed E-state index contributed by atoms with van der Waals surface area (Å²) in [5.41, 5.74) is 7.63. The van der Waals surface area contributed by atoms with Crippen molar-refractivity contribution in [3.8, 4) is 33.4 Å². The minimum absolute atomic E-state index is 1.24. The molecule has 0 aliphatic heterocycles. The molecule has 0 unspecified atom stereocenters. The molecule has 0 saturated heterocycles. The fraction of sp³-hybridized carbons (Fsp3) is 0. The van der Waals surface area contributed by atoms with Gasteiger partial charge in [-0.05, 0) is 94.7 Å². The topological polar surface area (TPSA) is 0 Å². The zero-order valence-corrected chi connectivity index (χ0v) is 26.4. The number of benzene rings is 9. The highest BCUT2D eigenvalue weighted by Crippen LogP contribution is 2.47. The van der Waals surface area contributed by atoms with Crippen LogP contribution < -0.4 is 0 Å². The molecule has 0 N–H and O–H groups in total. The lowest BCUT2D eigenvalue weighted by Crippen LogP contribution is -1.92. The van der Waals surface area contributed by atoms with Crippen LogP contribution in [0.15, 0.2) is 170 Å². The van der Waals surface area contributed by atoms with Gasteiger partial charge in [0, 0.05) is 20.2 Å². The highest BCUT2D eigenvalue weighted by molar-refractivity contribution is 7.25. The van der Waals surface area contributed by atoms with Gasteiger partial charge in [-0.25, -0.2) is 0 Å². The van der Waals surface area contributed by atoms with Crippen LogP contribution in [0.3, 0.4) is 0 Å². The van der Waals surface area contributed by atoms with Crippen LogP contribution in [0.5, 0.6) is 0 Å². The average Bonchev–Trinajstić information content (AvgIpc) is 3.49. The van der Waals surface area contributed by atoms with Crippen molar-refractivity contribution in [1.82, 2.24) is 0 Å². The van der Waals surface area contributed by atoms with Gasteiger partial charge in [-0.2, -0.15) is 0 Å². The standard InChI is InChI=1S/C46H28S/c1-2-12-29(13-3-1)33-24-25-41(35-17-7-6-16-34(33)35)46-39-20-10-8-18-37(39)45(38-19-9-11-21-40(38)46)32-22-23-36-42-26-30-14-4-5-15-31(30)27-44(42)47-43(36)28-32/h1-28H. The summed E-state index contributed by atoms with van der Waals surface area (Å²) in [6.07, 6.45) is 0. The van der Waals surface area contributed by atoms with Crippen molar-refractivity contribution >= 4 is 74.6 Å². The lowest BCUT2D eigenvalue weighted by atomic mass is 9.83. The lowest BCUT2D eigenvalue weighted by Gasteiger charge is -2.19. The van der Waals surface area contributed by atoms with E-state index in [0.717, 1.165) is 0 Å². The second-order valence-corrected chi connectivity index (χ2v) is 13.5. The van der Waals surface area contributed by atoms with Crippen molar-refractivity contribution in [3.05, 3.63) is 170 Å². The van der Waals surface area contributed by atoms with Gasteiger partial charge in [-0.1, -0.05) is 152 Å². The molecule has 9 aromatic carbocycles. The van der Waals surface area contributed by atoms with Crippen LogP contribution in [0, 0.1) is 0 Å². The smallest absolute Gasteiger partial charge is 0.0361 e. The van der Waals surface area contributed by atoms with E-state index >= 15 is 0 Å². The van der Waals surface area contributed by atoms with E-state index in [9.17, 15) is 0 Å². The minimum atomic E-state index is 1.24. The van der Waals surface area contributed by atoms with Gasteiger partial charge in [0.05, 0.1) is 0 Å². The van der Waals surface area contributed by atoms with Crippen molar-refractivity contribution < 1.29 is 0 Å². The molecule has 0 spiro atoms. The Morgan fingerprint density at radius 3 is 1.47 bits per heavy atom. The maximum Gasteiger partial charge on any atom is 0.0361 e. The summed E-state index contributed by atoms with van der Waals surface area (Å²) in [4.78, 5) is 0. The SMILES string of the molecule is c1ccc(-c2ccc(-c3c4ccccc4c(-c4ccc5c(c4)sc4cc6ccccc6cc45)c4ccccc34)c3ccccc23)cc1. The molecule has 0 aliphatic carbocycles. The van der Waals surface area contributed by atoms with Crippen LogP contribution in [0.2, 0.25) is 0 Å². The van der Waals surface area contributed by atoms with Gasteiger partial charge in [-0.3, -0.25) is 0 Å². The third kappa shape index (κ3) is 4.07. The molecule has 0 nitrogen and oxygen atoms in total. The largest absolute Gasteiger partial charge is 0.135 e. The molecule has 10 aromatic rings. The van der Waals surface area contributed by atoms with Crippen LogP contribution in [0.25, 0.3) is 96.6 Å². The minimum Gasteiger partial charge on any atom is -0.135 e. The molecule has 0 aliphatic rings. The van der Waals surface area contributed by atoms with Crippen LogP contribution in [0.1, 0.15) is 0 Å². The Kier molecular flexibility index (Phi) is 5.85. The maximum atomic E-state index is 2.42. The zero-order valence-electron chi connectivity index (χ0n) is 25.6. The van der Waals surface area contributed by atoms with E-state index < -0.39 is 0 Å². The van der Waals surface area contributed by atoms with E-state index in [0.29, 0.717) is 0 Å². The Labute approximate surface area is 276 Å². The first kappa shape index (κ1) is 26.5. The van der Waals surface area contributed by atoms with E-state index in [4.69, 9.17) is 0 Å². The van der Waals surface area contributed by atoms with Gasteiger partial charge in [-0.15, -0.1) is 11.3 Å². The first-order valence-electron chi connectivity index (χ1n) is 16.2. The number of hydrogen-bond donors (Lipinski definition) is 0. The van der Waals surface area contributed by atoms with Gasteiger partial charge >= 0.3 is 0 Å². The summed E-state index contributed by atoms with van der Waals surface area (Å²) in [6.45, 7) is 0. The van der Waals surface area contributed by atoms with Crippen molar-refractivity contribution in [2.75, 3.05) is 0 Å². The molecule has 0 amide bonds. The van der Waals surface area contributed by atoms with E-state index in [-0.39, 0.29) is 0 Å². The van der Waals surface area contributed by atoms with Crippen LogP contribution >= 0.6 is 11.3 Å². The molecule has 1 heteroatoms. The lowest BCUT2D eigenvalue weighted by molar-refractivity contribution is 1.64. The molecule has 0 atom stereocenters. The Hall–Kier alpha value is -5.76. The van der Waals surface area contributed by atoms with Gasteiger partial charge in [0.1, 0.15) is 0 Å². The predicted molar refractivity (Wildman–Crippen MR) is 206 cm³/mol. The number of hydrogen-bond acceptors (Lipinski definition) is 1. The van der Waals surface area contributed by atoms with Gasteiger partial charge in [0.25, 0.3) is 0 Å². The van der Waals surface area contributed by atoms with Crippen LogP contribution in [-0.4, -0.2) is 0 Å². The highest BCUT2D eigenvalue weighted by atomic mass is 32.1. The maximum absolute atomic E-state index is 2.42. The molecule has 218 valence electrons. The van der Waals surface area contributed by atoms with Crippen LogP contribution in [0.4, 0.5) is 0 Å². The molecule has 1 aromatic heterocycles. The molecule has 10 rings (SSSR count). The first-order valence-corrected chi connectivity index (χ1v) is 17.0. The van der Waals surface area contributed by atoms with Crippen molar-refractivity contribution in [1.29, 1.82) is 0 Å². The normalized spacial score (nSPS) is 11.8. The van der Waals surface area contributed by atoms with E-state index in [2.05, 4.69) is 170 Å². The van der Waals surface area contributed by atoms with Gasteiger partial charge in [0.2, 0.25) is 0 Å². The summed E-state index contributed by atoms with van der Waals surface area (Å²) < 4.78 is 2.67. The Bertz CT molecular complexity index is 2780. The summed E-state index contributed by atoms with van der Waals surface area (Å²) in [5, 5.41) is 12.9.